The summed E-state index contributed by atoms with van der Waals surface area (Å²) in [7, 11) is 0. The molecule has 1 aliphatic rings. The number of nitrogens with zero attached hydrogens (tertiary/aromatic N) is 1. The maximum Gasteiger partial charge on any atom is 0.330 e. The molecule has 2 heterocycles. The topological polar surface area (TPSA) is 84.0 Å². The third-order valence-electron chi connectivity index (χ3n) is 3.84. The van der Waals surface area contributed by atoms with E-state index in [1.807, 2.05) is 30.3 Å². The van der Waals surface area contributed by atoms with Gasteiger partial charge in [0.1, 0.15) is 11.4 Å². The number of fused-ring (bicyclic) bond motifs is 1. The zero-order valence-electron chi connectivity index (χ0n) is 12.4. The van der Waals surface area contributed by atoms with Gasteiger partial charge in [0.05, 0.1) is 6.04 Å². The highest BCUT2D eigenvalue weighted by Gasteiger charge is 2.30. The highest BCUT2D eigenvalue weighted by molar-refractivity contribution is 6.02. The summed E-state index contributed by atoms with van der Waals surface area (Å²) in [5.74, 6) is -0.0322. The lowest BCUT2D eigenvalue weighted by atomic mass is 9.95. The first-order valence-corrected chi connectivity index (χ1v) is 7.22. The van der Waals surface area contributed by atoms with Crippen molar-refractivity contribution in [1.82, 2.24) is 9.55 Å². The number of carbonyl (C=O) groups is 1. The Morgan fingerprint density at radius 3 is 2.45 bits per heavy atom. The molecule has 0 bridgehead atoms. The van der Waals surface area contributed by atoms with Gasteiger partial charge in [-0.2, -0.15) is 0 Å². The maximum absolute atomic E-state index is 12.4. The first kappa shape index (κ1) is 14.3. The third kappa shape index (κ3) is 2.26. The molecule has 0 amide bonds. The minimum atomic E-state index is -0.530. The number of hydrogen-bond acceptors (Lipinski definition) is 4. The van der Waals surface area contributed by atoms with Crippen molar-refractivity contribution in [2.24, 2.45) is 0 Å². The van der Waals surface area contributed by atoms with Crippen LogP contribution in [-0.2, 0) is 0 Å². The minimum Gasteiger partial charge on any atom is -0.363 e. The molecule has 22 heavy (non-hydrogen) atoms. The molecule has 3 rings (SSSR count). The van der Waals surface area contributed by atoms with Gasteiger partial charge in [-0.3, -0.25) is 19.1 Å². The van der Waals surface area contributed by atoms with E-state index in [0.717, 1.165) is 10.1 Å². The standard InChI is InChI=1S/C16H17N3O3/c1-9(2)19-15(21)13-12(20)8-11(10-6-4-3-5-7-10)17-14(13)18-16(19)22/h3-7,9,11,17H,8H2,1-2H3,(H,18,22). The SMILES string of the molecule is CC(C)n1c(=O)[nH]c2c(c1=O)C(=O)CC(c1ccccc1)N2. The minimum absolute atomic E-state index is 0.0421. The zero-order valence-corrected chi connectivity index (χ0v) is 12.4. The van der Waals surface area contributed by atoms with Crippen LogP contribution in [0.2, 0.25) is 0 Å². The van der Waals surface area contributed by atoms with E-state index in [-0.39, 0.29) is 35.7 Å². The van der Waals surface area contributed by atoms with Gasteiger partial charge in [-0.25, -0.2) is 4.79 Å². The number of ketones is 1. The second-order valence-electron chi connectivity index (χ2n) is 5.68. The van der Waals surface area contributed by atoms with Gasteiger partial charge in [-0.15, -0.1) is 0 Å². The summed E-state index contributed by atoms with van der Waals surface area (Å²) < 4.78 is 1.07. The van der Waals surface area contributed by atoms with E-state index in [9.17, 15) is 14.4 Å². The summed E-state index contributed by atoms with van der Waals surface area (Å²) in [6, 6.07) is 8.93. The number of hydrogen-bond donors (Lipinski definition) is 2. The molecule has 0 saturated heterocycles. The Bertz CT molecular complexity index is 834. The van der Waals surface area contributed by atoms with Crippen LogP contribution >= 0.6 is 0 Å². The van der Waals surface area contributed by atoms with Crippen LogP contribution in [0.1, 0.15) is 48.3 Å². The van der Waals surface area contributed by atoms with Gasteiger partial charge in [0.25, 0.3) is 5.56 Å². The molecule has 0 radical (unpaired) electrons. The lowest BCUT2D eigenvalue weighted by Gasteiger charge is -2.26. The normalized spacial score (nSPS) is 17.2. The van der Waals surface area contributed by atoms with Crippen molar-refractivity contribution >= 4 is 11.6 Å². The van der Waals surface area contributed by atoms with Gasteiger partial charge in [0, 0.05) is 12.5 Å². The lowest BCUT2D eigenvalue weighted by Crippen LogP contribution is -2.42. The first-order chi connectivity index (χ1) is 10.5. The monoisotopic (exact) mass is 299 g/mol. The quantitative estimate of drug-likeness (QED) is 0.886. The van der Waals surface area contributed by atoms with Crippen molar-refractivity contribution in [2.45, 2.75) is 32.4 Å². The van der Waals surface area contributed by atoms with Crippen LogP contribution in [0.4, 0.5) is 5.82 Å². The zero-order chi connectivity index (χ0) is 15.9. The molecule has 1 aromatic carbocycles. The predicted molar refractivity (Wildman–Crippen MR) is 83.5 cm³/mol. The number of anilines is 1. The molecule has 0 fully saturated rings. The van der Waals surface area contributed by atoms with E-state index in [1.165, 1.54) is 0 Å². The van der Waals surface area contributed by atoms with E-state index in [1.54, 1.807) is 13.8 Å². The number of aromatic nitrogens is 2. The molecule has 2 N–H and O–H groups in total. The average Bonchev–Trinajstić information content (AvgIpc) is 2.46. The number of aromatic amines is 1. The van der Waals surface area contributed by atoms with E-state index in [4.69, 9.17) is 0 Å². The Kier molecular flexibility index (Phi) is 3.44. The summed E-state index contributed by atoms with van der Waals surface area (Å²) in [5, 5.41) is 3.10. The van der Waals surface area contributed by atoms with Crippen molar-refractivity contribution in [3.8, 4) is 0 Å². The van der Waals surface area contributed by atoms with Gasteiger partial charge in [0.2, 0.25) is 0 Å². The van der Waals surface area contributed by atoms with Gasteiger partial charge >= 0.3 is 5.69 Å². The van der Waals surface area contributed by atoms with Crippen molar-refractivity contribution in [3.63, 3.8) is 0 Å². The highest BCUT2D eigenvalue weighted by atomic mass is 16.2. The van der Waals surface area contributed by atoms with Gasteiger partial charge < -0.3 is 5.32 Å². The molecule has 0 spiro atoms. The molecule has 1 atom stereocenters. The molecule has 6 heteroatoms. The van der Waals surface area contributed by atoms with Gasteiger partial charge in [0.15, 0.2) is 5.78 Å². The Morgan fingerprint density at radius 1 is 1.14 bits per heavy atom. The summed E-state index contributed by atoms with van der Waals surface area (Å²) in [4.78, 5) is 39.5. The third-order valence-corrected chi connectivity index (χ3v) is 3.84. The van der Waals surface area contributed by atoms with Crippen LogP contribution in [0.5, 0.6) is 0 Å². The van der Waals surface area contributed by atoms with Gasteiger partial charge in [-0.05, 0) is 19.4 Å². The summed E-state index contributed by atoms with van der Waals surface area (Å²) in [5.41, 5.74) is -0.0543. The number of nitrogens with one attached hydrogen (secondary N) is 2. The molecule has 1 aromatic heterocycles. The van der Waals surface area contributed by atoms with Crippen LogP contribution < -0.4 is 16.6 Å². The fourth-order valence-electron chi connectivity index (χ4n) is 2.78. The number of benzene rings is 1. The first-order valence-electron chi connectivity index (χ1n) is 7.22. The van der Waals surface area contributed by atoms with E-state index in [2.05, 4.69) is 10.3 Å². The Balaban J connectivity index is 2.11. The number of Topliss-reactive ketones (excluding diaryl/α,β-unsaturated/α-hetero) is 1. The number of carbonyl (C=O) groups excluding carboxylic acids is 1. The van der Waals surface area contributed by atoms with E-state index in [0.29, 0.717) is 0 Å². The highest BCUT2D eigenvalue weighted by Crippen LogP contribution is 2.29. The average molecular weight is 299 g/mol. The molecule has 114 valence electrons. The smallest absolute Gasteiger partial charge is 0.330 e. The molecule has 1 unspecified atom stereocenters. The summed E-state index contributed by atoms with van der Waals surface area (Å²) >= 11 is 0. The van der Waals surface area contributed by atoms with Crippen LogP contribution in [0.15, 0.2) is 39.9 Å². The van der Waals surface area contributed by atoms with Crippen molar-refractivity contribution in [3.05, 3.63) is 62.3 Å². The van der Waals surface area contributed by atoms with E-state index < -0.39 is 11.2 Å². The van der Waals surface area contributed by atoms with Crippen molar-refractivity contribution in [2.75, 3.05) is 5.32 Å². The molecular weight excluding hydrogens is 282 g/mol. The Labute approximate surface area is 126 Å². The maximum atomic E-state index is 12.4. The van der Waals surface area contributed by atoms with Crippen LogP contribution in [0, 0.1) is 0 Å². The van der Waals surface area contributed by atoms with Crippen LogP contribution in [0.3, 0.4) is 0 Å². The molecular formula is C16H17N3O3. The molecule has 6 nitrogen and oxygen atoms in total. The molecule has 1 aliphatic heterocycles. The second kappa shape index (κ2) is 5.29. The number of H-pyrrole nitrogens is 1. The number of rotatable bonds is 2. The fraction of sp³-hybridized carbons (Fsp3) is 0.312. The Morgan fingerprint density at radius 2 is 1.82 bits per heavy atom. The summed E-state index contributed by atoms with van der Waals surface area (Å²) in [6.07, 6.45) is 0.191. The second-order valence-corrected chi connectivity index (χ2v) is 5.68. The van der Waals surface area contributed by atoms with Gasteiger partial charge in [-0.1, -0.05) is 30.3 Å². The molecule has 0 saturated carbocycles. The van der Waals surface area contributed by atoms with Crippen molar-refractivity contribution in [1.29, 1.82) is 0 Å². The molecule has 0 aliphatic carbocycles. The summed E-state index contributed by atoms with van der Waals surface area (Å²) in [6.45, 7) is 3.47. The van der Waals surface area contributed by atoms with Crippen LogP contribution in [-0.4, -0.2) is 15.3 Å². The lowest BCUT2D eigenvalue weighted by molar-refractivity contribution is 0.0969. The fourth-order valence-corrected chi connectivity index (χ4v) is 2.78. The van der Waals surface area contributed by atoms with E-state index >= 15 is 0 Å². The predicted octanol–water partition coefficient (Wildman–Crippen LogP) is 1.86. The van der Waals surface area contributed by atoms with Crippen molar-refractivity contribution < 1.29 is 4.79 Å². The van der Waals surface area contributed by atoms with Crippen LogP contribution in [0.25, 0.3) is 0 Å². The largest absolute Gasteiger partial charge is 0.363 e. The molecule has 2 aromatic rings. The Hall–Kier alpha value is -2.63.